The highest BCUT2D eigenvalue weighted by Gasteiger charge is 2.44. The van der Waals surface area contributed by atoms with Gasteiger partial charge >= 0.3 is 0 Å². The molecular weight excluding hydrogens is 324 g/mol. The van der Waals surface area contributed by atoms with Gasteiger partial charge < -0.3 is 4.74 Å². The van der Waals surface area contributed by atoms with Gasteiger partial charge in [0.05, 0.1) is 12.7 Å². The molecule has 4 heteroatoms. The summed E-state index contributed by atoms with van der Waals surface area (Å²) in [5.74, 6) is 1.63. The lowest BCUT2D eigenvalue weighted by molar-refractivity contribution is -0.296. The lowest BCUT2D eigenvalue weighted by Crippen LogP contribution is -2.59. The highest BCUT2D eigenvalue weighted by atomic mass is 16.7. The van der Waals surface area contributed by atoms with Gasteiger partial charge in [0.1, 0.15) is 5.75 Å². The fourth-order valence-corrected chi connectivity index (χ4v) is 4.67. The Hall–Kier alpha value is -1.57. The first-order chi connectivity index (χ1) is 12.2. The zero-order chi connectivity index (χ0) is 18.9. The molecule has 0 saturated carbocycles. The predicted octanol–water partition coefficient (Wildman–Crippen LogP) is 5.06. The highest BCUT2D eigenvalue weighted by molar-refractivity contribution is 5.39. The number of hydrogen-bond acceptors (Lipinski definition) is 4. The molecule has 1 saturated heterocycles. The number of rotatable bonds is 5. The van der Waals surface area contributed by atoms with Crippen LogP contribution in [-0.2, 0) is 4.84 Å². The molecule has 2 heterocycles. The van der Waals surface area contributed by atoms with Crippen LogP contribution < -0.4 is 4.74 Å². The predicted molar refractivity (Wildman–Crippen MR) is 103 cm³/mol. The van der Waals surface area contributed by atoms with Crippen molar-refractivity contribution in [1.29, 1.82) is 5.26 Å². The van der Waals surface area contributed by atoms with Gasteiger partial charge in [-0.05, 0) is 65.4 Å². The van der Waals surface area contributed by atoms with Crippen molar-refractivity contribution in [1.82, 2.24) is 5.06 Å². The van der Waals surface area contributed by atoms with Gasteiger partial charge in [-0.15, -0.1) is 0 Å². The van der Waals surface area contributed by atoms with E-state index >= 15 is 0 Å². The van der Waals surface area contributed by atoms with Crippen molar-refractivity contribution < 1.29 is 9.57 Å². The smallest absolute Gasteiger partial charge is 0.165 e. The Morgan fingerprint density at radius 2 is 1.88 bits per heavy atom. The van der Waals surface area contributed by atoms with Crippen LogP contribution >= 0.6 is 0 Å². The van der Waals surface area contributed by atoms with Crippen LogP contribution in [0.5, 0.6) is 5.75 Å². The second-order valence-electron chi connectivity index (χ2n) is 9.16. The van der Waals surface area contributed by atoms with E-state index in [1.807, 2.05) is 12.1 Å². The monoisotopic (exact) mass is 356 g/mol. The lowest BCUT2D eigenvalue weighted by atomic mass is 9.82. The van der Waals surface area contributed by atoms with Crippen LogP contribution in [0.25, 0.3) is 0 Å². The van der Waals surface area contributed by atoms with E-state index in [1.165, 1.54) is 12.0 Å². The van der Waals surface area contributed by atoms with E-state index in [1.54, 1.807) is 0 Å². The number of hydroxylamine groups is 2. The molecule has 1 aromatic carbocycles. The Labute approximate surface area is 158 Å². The minimum absolute atomic E-state index is 0.0524. The highest BCUT2D eigenvalue weighted by Crippen LogP contribution is 2.42. The number of fused-ring (bicyclic) bond motifs is 1. The third kappa shape index (κ3) is 3.75. The van der Waals surface area contributed by atoms with Gasteiger partial charge in [-0.25, -0.2) is 0 Å². The summed E-state index contributed by atoms with van der Waals surface area (Å²) >= 11 is 0. The molecule has 0 aliphatic carbocycles. The fourth-order valence-electron chi connectivity index (χ4n) is 4.67. The molecule has 1 aromatic rings. The Balaban J connectivity index is 1.69. The summed E-state index contributed by atoms with van der Waals surface area (Å²) < 4.78 is 5.83. The Kier molecular flexibility index (Phi) is 5.33. The quantitative estimate of drug-likeness (QED) is 0.740. The molecule has 142 valence electrons. The van der Waals surface area contributed by atoms with Crippen molar-refractivity contribution in [3.05, 3.63) is 29.8 Å². The molecule has 2 aliphatic rings. The van der Waals surface area contributed by atoms with Crippen LogP contribution in [0.2, 0.25) is 0 Å². The van der Waals surface area contributed by atoms with Crippen LogP contribution in [0.1, 0.15) is 71.8 Å². The number of para-hydroxylation sites is 1. The van der Waals surface area contributed by atoms with Crippen molar-refractivity contribution in [3.63, 3.8) is 0 Å². The molecule has 3 atom stereocenters. The van der Waals surface area contributed by atoms with E-state index in [-0.39, 0.29) is 11.1 Å². The van der Waals surface area contributed by atoms with E-state index in [4.69, 9.17) is 9.57 Å². The van der Waals surface area contributed by atoms with Crippen LogP contribution in [0, 0.1) is 17.2 Å². The van der Waals surface area contributed by atoms with Crippen molar-refractivity contribution in [2.45, 2.75) is 83.4 Å². The summed E-state index contributed by atoms with van der Waals surface area (Å²) in [6, 6.07) is 10.6. The number of nitriles is 1. The van der Waals surface area contributed by atoms with Gasteiger partial charge in [-0.1, -0.05) is 25.1 Å². The summed E-state index contributed by atoms with van der Waals surface area (Å²) in [7, 11) is 0. The second kappa shape index (κ2) is 7.21. The van der Waals surface area contributed by atoms with Crippen LogP contribution in [0.3, 0.4) is 0 Å². The Morgan fingerprint density at radius 3 is 2.54 bits per heavy atom. The maximum atomic E-state index is 9.75. The minimum atomic E-state index is -0.436. The van der Waals surface area contributed by atoms with Crippen molar-refractivity contribution >= 4 is 0 Å². The Bertz CT molecular complexity index is 661. The molecule has 1 fully saturated rings. The zero-order valence-corrected chi connectivity index (χ0v) is 16.8. The third-order valence-corrected chi connectivity index (χ3v) is 6.06. The minimum Gasteiger partial charge on any atom is -0.493 e. The number of piperidine rings is 1. The molecule has 26 heavy (non-hydrogen) atoms. The molecule has 3 rings (SSSR count). The summed E-state index contributed by atoms with van der Waals surface area (Å²) in [6.07, 6.45) is 3.65. The van der Waals surface area contributed by atoms with E-state index in [0.29, 0.717) is 24.9 Å². The molecule has 3 unspecified atom stereocenters. The second-order valence-corrected chi connectivity index (χ2v) is 9.16. The maximum absolute atomic E-state index is 9.75. The molecule has 0 spiro atoms. The van der Waals surface area contributed by atoms with Crippen LogP contribution in [0.15, 0.2) is 24.3 Å². The van der Waals surface area contributed by atoms with Gasteiger partial charge in [-0.2, -0.15) is 10.3 Å². The first-order valence-electron chi connectivity index (χ1n) is 9.83. The topological polar surface area (TPSA) is 45.5 Å². The van der Waals surface area contributed by atoms with Gasteiger partial charge in [0.15, 0.2) is 6.10 Å². The summed E-state index contributed by atoms with van der Waals surface area (Å²) in [5.41, 5.74) is 1.15. The maximum Gasteiger partial charge on any atom is 0.165 e. The number of nitrogens with zero attached hydrogens (tertiary/aromatic N) is 2. The van der Waals surface area contributed by atoms with Crippen LogP contribution in [0.4, 0.5) is 0 Å². The molecule has 0 N–H and O–H groups in total. The van der Waals surface area contributed by atoms with Gasteiger partial charge in [-0.3, -0.25) is 4.84 Å². The largest absolute Gasteiger partial charge is 0.493 e. The van der Waals surface area contributed by atoms with Crippen LogP contribution in [-0.4, -0.2) is 28.9 Å². The normalized spacial score (nSPS) is 26.4. The van der Waals surface area contributed by atoms with Crippen molar-refractivity contribution in [2.75, 3.05) is 6.61 Å². The summed E-state index contributed by atoms with van der Waals surface area (Å²) in [4.78, 5) is 6.32. The average Bonchev–Trinajstić information content (AvgIpc) is 3.00. The molecule has 0 bridgehead atoms. The van der Waals surface area contributed by atoms with Crippen molar-refractivity contribution in [2.24, 2.45) is 5.92 Å². The van der Waals surface area contributed by atoms with E-state index in [9.17, 15) is 5.26 Å². The van der Waals surface area contributed by atoms with E-state index in [2.05, 4.69) is 57.9 Å². The summed E-state index contributed by atoms with van der Waals surface area (Å²) in [6.45, 7) is 11.8. The molecule has 4 nitrogen and oxygen atoms in total. The molecule has 0 amide bonds. The standard InChI is InChI=1S/C22H32N2O2/c1-16(19-15-25-20-10-7-6-9-18(19)20)13-17(14-23)26-24-21(2,3)11-8-12-22(24,4)5/h6-7,9-10,16-17,19H,8,11-13,15H2,1-5H3. The third-order valence-electron chi connectivity index (χ3n) is 6.06. The number of benzene rings is 1. The van der Waals surface area contributed by atoms with Gasteiger partial charge in [0.25, 0.3) is 0 Å². The van der Waals surface area contributed by atoms with Gasteiger partial charge in [0, 0.05) is 22.6 Å². The number of hydrogen-bond donors (Lipinski definition) is 0. The molecule has 0 radical (unpaired) electrons. The van der Waals surface area contributed by atoms with Gasteiger partial charge in [0.2, 0.25) is 0 Å². The first-order valence-corrected chi connectivity index (χ1v) is 9.83. The van der Waals surface area contributed by atoms with Crippen molar-refractivity contribution in [3.8, 4) is 11.8 Å². The summed E-state index contributed by atoms with van der Waals surface area (Å²) in [5, 5.41) is 11.9. The van der Waals surface area contributed by atoms with E-state index in [0.717, 1.165) is 18.6 Å². The number of ether oxygens (including phenoxy) is 1. The van der Waals surface area contributed by atoms with E-state index < -0.39 is 6.10 Å². The molecule has 2 aliphatic heterocycles. The Morgan fingerprint density at radius 1 is 1.23 bits per heavy atom. The molecular formula is C22H32N2O2. The lowest BCUT2D eigenvalue weighted by Gasteiger charge is -2.52. The molecule has 0 aromatic heterocycles. The average molecular weight is 357 g/mol. The first kappa shape index (κ1) is 19.2. The SMILES string of the molecule is CC(CC(C#N)ON1C(C)(C)CCCC1(C)C)C1COc2ccccc21. The zero-order valence-electron chi connectivity index (χ0n) is 16.8. The fraction of sp³-hybridized carbons (Fsp3) is 0.682.